The molecule has 0 aromatic heterocycles. The van der Waals surface area contributed by atoms with Gasteiger partial charge in [0, 0.05) is 12.0 Å². The van der Waals surface area contributed by atoms with Gasteiger partial charge in [0.1, 0.15) is 0 Å². The van der Waals surface area contributed by atoms with Crippen molar-refractivity contribution < 1.29 is 0 Å². The average Bonchev–Trinajstić information content (AvgIpc) is 1.89. The smallest absolute Gasteiger partial charge is 0.00774 e. The van der Waals surface area contributed by atoms with Gasteiger partial charge in [-0.2, -0.15) is 0 Å². The lowest BCUT2D eigenvalue weighted by atomic mass is 9.84. The third-order valence-electron chi connectivity index (χ3n) is 1.84. The molecule has 0 saturated heterocycles. The summed E-state index contributed by atoms with van der Waals surface area (Å²) in [5.41, 5.74) is 0.330. The monoisotopic (exact) mass is 155 g/mol. The summed E-state index contributed by atoms with van der Waals surface area (Å²) < 4.78 is 0. The van der Waals surface area contributed by atoms with Gasteiger partial charge in [-0.25, -0.2) is 0 Å². The van der Waals surface area contributed by atoms with Crippen molar-refractivity contribution in [3.8, 4) is 0 Å². The third kappa shape index (κ3) is 1.93. The van der Waals surface area contributed by atoms with Crippen molar-refractivity contribution in [1.29, 1.82) is 0 Å². The highest BCUT2D eigenvalue weighted by Crippen LogP contribution is 2.25. The Hall–Kier alpha value is -0.130. The van der Waals surface area contributed by atoms with E-state index in [1.807, 2.05) is 0 Å². The number of nitrogens with one attached hydrogen (secondary N) is 1. The van der Waals surface area contributed by atoms with E-state index in [9.17, 15) is 0 Å². The summed E-state index contributed by atoms with van der Waals surface area (Å²) in [5.74, 6) is 0. The Bertz CT molecular complexity index is 163. The zero-order valence-corrected chi connectivity index (χ0v) is 7.46. The van der Waals surface area contributed by atoms with Crippen molar-refractivity contribution in [3.05, 3.63) is 24.3 Å². The van der Waals surface area contributed by atoms with E-state index in [1.54, 1.807) is 0 Å². The first-order valence-corrected chi connectivity index (χ1v) is 4.12. The molecule has 1 aliphatic rings. The maximum Gasteiger partial charge on any atom is 0.00774 e. The van der Waals surface area contributed by atoms with Gasteiger partial charge in [-0.05, 0) is 6.42 Å². The summed E-state index contributed by atoms with van der Waals surface area (Å²) in [6.07, 6.45) is 9.83. The van der Waals surface area contributed by atoms with Gasteiger partial charge in [0.25, 0.3) is 0 Å². The number of hydrogen-bond acceptors (Lipinski definition) is 1. The molecule has 0 bridgehead atoms. The Morgan fingerprint density at radius 1 is 1.60 bits per heavy atom. The first-order valence-electron chi connectivity index (χ1n) is 3.55. The molecular formula is C8H14NP. The fourth-order valence-electron chi connectivity index (χ4n) is 1.14. The van der Waals surface area contributed by atoms with E-state index < -0.39 is 0 Å². The quantitative estimate of drug-likeness (QED) is 0.600. The van der Waals surface area contributed by atoms with Crippen molar-refractivity contribution >= 4 is 9.39 Å². The van der Waals surface area contributed by atoms with Crippen molar-refractivity contribution in [1.82, 2.24) is 5.09 Å². The molecule has 0 spiro atoms. The second-order valence-corrected chi connectivity index (χ2v) is 3.43. The molecule has 0 aromatic rings. The molecule has 1 rings (SSSR count). The van der Waals surface area contributed by atoms with E-state index in [-0.39, 0.29) is 0 Å². The molecule has 10 heavy (non-hydrogen) atoms. The molecule has 0 fully saturated rings. The minimum Gasteiger partial charge on any atom is -0.300 e. The van der Waals surface area contributed by atoms with Crippen LogP contribution in [0.5, 0.6) is 0 Å². The molecule has 1 N–H and O–H groups in total. The van der Waals surface area contributed by atoms with Gasteiger partial charge < -0.3 is 0 Å². The maximum absolute atomic E-state index is 3.11. The van der Waals surface area contributed by atoms with Gasteiger partial charge in [0.2, 0.25) is 0 Å². The minimum atomic E-state index is 0.330. The van der Waals surface area contributed by atoms with Crippen LogP contribution in [0, 0.1) is 5.41 Å². The highest BCUT2D eigenvalue weighted by atomic mass is 31.0. The van der Waals surface area contributed by atoms with Crippen LogP contribution in [0.3, 0.4) is 0 Å². The number of rotatable bonds is 2. The Balaban J connectivity index is 2.52. The Labute approximate surface area is 64.8 Å². The lowest BCUT2D eigenvalue weighted by Crippen LogP contribution is -2.25. The van der Waals surface area contributed by atoms with Crippen molar-refractivity contribution in [2.24, 2.45) is 5.41 Å². The molecule has 0 aliphatic heterocycles. The molecule has 0 radical (unpaired) electrons. The van der Waals surface area contributed by atoms with Gasteiger partial charge in [0.05, 0.1) is 0 Å². The lowest BCUT2D eigenvalue weighted by molar-refractivity contribution is 0.431. The SMILES string of the molecule is CC1(CNP)C=CC=CC1. The minimum absolute atomic E-state index is 0.330. The van der Waals surface area contributed by atoms with E-state index in [0.29, 0.717) is 5.41 Å². The zero-order valence-electron chi connectivity index (χ0n) is 6.30. The fraction of sp³-hybridized carbons (Fsp3) is 0.500. The summed E-state index contributed by atoms with van der Waals surface area (Å²) >= 11 is 0. The molecular weight excluding hydrogens is 141 g/mol. The summed E-state index contributed by atoms with van der Waals surface area (Å²) in [6, 6.07) is 0. The van der Waals surface area contributed by atoms with Gasteiger partial charge in [-0.3, -0.25) is 5.09 Å². The first kappa shape index (κ1) is 7.97. The van der Waals surface area contributed by atoms with Crippen LogP contribution in [-0.4, -0.2) is 6.54 Å². The summed E-state index contributed by atoms with van der Waals surface area (Å²) in [7, 11) is 2.54. The normalized spacial score (nSPS) is 31.0. The molecule has 1 aliphatic carbocycles. The molecule has 1 nitrogen and oxygen atoms in total. The Morgan fingerprint density at radius 2 is 2.40 bits per heavy atom. The van der Waals surface area contributed by atoms with Gasteiger partial charge in [-0.15, -0.1) is 0 Å². The van der Waals surface area contributed by atoms with Crippen LogP contribution >= 0.6 is 9.39 Å². The van der Waals surface area contributed by atoms with Crippen LogP contribution in [0.15, 0.2) is 24.3 Å². The van der Waals surface area contributed by atoms with Gasteiger partial charge in [-0.1, -0.05) is 40.6 Å². The summed E-state index contributed by atoms with van der Waals surface area (Å²) in [4.78, 5) is 0. The largest absolute Gasteiger partial charge is 0.300 e. The van der Waals surface area contributed by atoms with Crippen LogP contribution in [0.1, 0.15) is 13.3 Å². The lowest BCUT2D eigenvalue weighted by Gasteiger charge is -2.25. The van der Waals surface area contributed by atoms with E-state index in [0.717, 1.165) is 13.0 Å². The summed E-state index contributed by atoms with van der Waals surface area (Å²) in [6.45, 7) is 3.28. The molecule has 2 unspecified atom stereocenters. The number of hydrogen-bond donors (Lipinski definition) is 1. The molecule has 2 heteroatoms. The van der Waals surface area contributed by atoms with E-state index in [1.165, 1.54) is 0 Å². The molecule has 0 saturated carbocycles. The second-order valence-electron chi connectivity index (χ2n) is 3.03. The Kier molecular flexibility index (Phi) is 2.64. The topological polar surface area (TPSA) is 12.0 Å². The van der Waals surface area contributed by atoms with E-state index in [2.05, 4.69) is 45.7 Å². The van der Waals surface area contributed by atoms with Gasteiger partial charge >= 0.3 is 0 Å². The molecule has 0 heterocycles. The van der Waals surface area contributed by atoms with Crippen LogP contribution < -0.4 is 5.09 Å². The predicted octanol–water partition coefficient (Wildman–Crippen LogP) is 1.89. The van der Waals surface area contributed by atoms with Crippen molar-refractivity contribution in [2.45, 2.75) is 13.3 Å². The van der Waals surface area contributed by atoms with Crippen LogP contribution in [0.25, 0.3) is 0 Å². The second kappa shape index (κ2) is 3.32. The molecule has 2 atom stereocenters. The molecule has 56 valence electrons. The van der Waals surface area contributed by atoms with Crippen LogP contribution in [0.4, 0.5) is 0 Å². The van der Waals surface area contributed by atoms with Crippen molar-refractivity contribution in [2.75, 3.05) is 6.54 Å². The molecule has 0 aromatic carbocycles. The first-order chi connectivity index (χ1) is 4.77. The average molecular weight is 155 g/mol. The molecule has 0 amide bonds. The van der Waals surface area contributed by atoms with Crippen LogP contribution in [-0.2, 0) is 0 Å². The summed E-state index contributed by atoms with van der Waals surface area (Å²) in [5, 5.41) is 3.11. The highest BCUT2D eigenvalue weighted by molar-refractivity contribution is 7.13. The third-order valence-corrected chi connectivity index (χ3v) is 2.04. The van der Waals surface area contributed by atoms with Crippen molar-refractivity contribution in [3.63, 3.8) is 0 Å². The van der Waals surface area contributed by atoms with Gasteiger partial charge in [0.15, 0.2) is 0 Å². The van der Waals surface area contributed by atoms with Crippen LogP contribution in [0.2, 0.25) is 0 Å². The predicted molar refractivity (Wildman–Crippen MR) is 48.7 cm³/mol. The maximum atomic E-state index is 3.11. The number of allylic oxidation sites excluding steroid dienone is 3. The van der Waals surface area contributed by atoms with E-state index in [4.69, 9.17) is 0 Å². The fourth-order valence-corrected chi connectivity index (χ4v) is 1.60. The standard InChI is InChI=1S/C8H14NP/c1-8(7-9-10)5-3-2-4-6-8/h2-5,9H,6-7,10H2,1H3. The van der Waals surface area contributed by atoms with E-state index >= 15 is 0 Å². The highest BCUT2D eigenvalue weighted by Gasteiger charge is 2.18. The zero-order chi connectivity index (χ0) is 7.45. The Morgan fingerprint density at radius 3 is 2.90 bits per heavy atom.